The maximum absolute atomic E-state index is 5.86. The Hall–Kier alpha value is -1.82. The Kier molecular flexibility index (Phi) is 2.68. The lowest BCUT2D eigenvalue weighted by Gasteiger charge is -2.07. The van der Waals surface area contributed by atoms with Crippen LogP contribution in [0, 0.1) is 0 Å². The maximum Gasteiger partial charge on any atom is 0.193 e. The molecule has 0 aliphatic heterocycles. The predicted molar refractivity (Wildman–Crippen MR) is 57.4 cm³/mol. The molecular formula is C8H9ClN6. The Bertz CT molecular complexity index is 440. The van der Waals surface area contributed by atoms with E-state index in [1.54, 1.807) is 6.07 Å². The number of anilines is 2. The molecule has 4 N–H and O–H groups in total. The fraction of sp³-hybridized carbons (Fsp3) is 0.125. The fourth-order valence-electron chi connectivity index (χ4n) is 1.12. The summed E-state index contributed by atoms with van der Waals surface area (Å²) >= 11 is 5.86. The van der Waals surface area contributed by atoms with Crippen LogP contribution < -0.4 is 11.1 Å². The van der Waals surface area contributed by atoms with E-state index in [0.29, 0.717) is 23.1 Å². The molecule has 2 aromatic rings. The van der Waals surface area contributed by atoms with Crippen molar-refractivity contribution in [3.8, 4) is 0 Å². The molecule has 0 amide bonds. The van der Waals surface area contributed by atoms with E-state index in [4.69, 9.17) is 17.3 Å². The Morgan fingerprint density at radius 2 is 2.33 bits per heavy atom. The molecule has 15 heavy (non-hydrogen) atoms. The van der Waals surface area contributed by atoms with Gasteiger partial charge in [0, 0.05) is 0 Å². The van der Waals surface area contributed by atoms with Crippen molar-refractivity contribution in [1.29, 1.82) is 0 Å². The Labute approximate surface area is 90.8 Å². The van der Waals surface area contributed by atoms with Crippen LogP contribution >= 0.6 is 11.6 Å². The van der Waals surface area contributed by atoms with E-state index in [1.807, 2.05) is 12.1 Å². The van der Waals surface area contributed by atoms with Crippen molar-refractivity contribution in [3.63, 3.8) is 0 Å². The zero-order valence-electron chi connectivity index (χ0n) is 7.74. The summed E-state index contributed by atoms with van der Waals surface area (Å²) in [6.45, 7) is 0.445. The molecule has 0 fully saturated rings. The minimum atomic E-state index is 0.445. The first kappa shape index (κ1) is 9.72. The van der Waals surface area contributed by atoms with Crippen LogP contribution in [0.2, 0.25) is 5.02 Å². The molecule has 0 aliphatic rings. The molecule has 6 nitrogen and oxygen atoms in total. The zero-order chi connectivity index (χ0) is 10.7. The molecule has 2 rings (SSSR count). The van der Waals surface area contributed by atoms with Crippen LogP contribution in [0.4, 0.5) is 11.4 Å². The second-order valence-corrected chi connectivity index (χ2v) is 3.29. The molecule has 0 atom stereocenters. The number of halogens is 1. The molecule has 0 radical (unpaired) electrons. The van der Waals surface area contributed by atoms with Gasteiger partial charge in [-0.1, -0.05) is 22.9 Å². The van der Waals surface area contributed by atoms with Crippen molar-refractivity contribution >= 4 is 23.0 Å². The van der Waals surface area contributed by atoms with Gasteiger partial charge in [0.1, 0.15) is 0 Å². The van der Waals surface area contributed by atoms with Crippen LogP contribution in [0.5, 0.6) is 0 Å². The second-order valence-electron chi connectivity index (χ2n) is 2.88. The maximum atomic E-state index is 5.86. The van der Waals surface area contributed by atoms with Crippen LogP contribution in [0.25, 0.3) is 0 Å². The number of aromatic amines is 1. The van der Waals surface area contributed by atoms with Gasteiger partial charge in [0.05, 0.1) is 22.9 Å². The standard InChI is InChI=1S/C8H9ClN6/c9-5-2-1-3-6(8(5)10)11-4-7-12-14-15-13-7/h1-3,11H,4,10H2,(H,12,13,14,15). The summed E-state index contributed by atoms with van der Waals surface area (Å²) in [6.07, 6.45) is 0. The molecule has 1 heterocycles. The lowest BCUT2D eigenvalue weighted by atomic mass is 10.2. The van der Waals surface area contributed by atoms with E-state index >= 15 is 0 Å². The summed E-state index contributed by atoms with van der Waals surface area (Å²) in [5, 5.41) is 17.0. The highest BCUT2D eigenvalue weighted by Crippen LogP contribution is 2.26. The minimum absolute atomic E-state index is 0.445. The van der Waals surface area contributed by atoms with Gasteiger partial charge in [0.25, 0.3) is 0 Å². The van der Waals surface area contributed by atoms with E-state index in [-0.39, 0.29) is 0 Å². The molecule has 78 valence electrons. The number of hydrogen-bond acceptors (Lipinski definition) is 5. The smallest absolute Gasteiger partial charge is 0.193 e. The SMILES string of the molecule is Nc1c(Cl)cccc1NCc1nn[nH]n1. The summed E-state index contributed by atoms with van der Waals surface area (Å²) in [5.74, 6) is 0.564. The first-order valence-electron chi connectivity index (χ1n) is 4.27. The number of nitrogens with zero attached hydrogens (tertiary/aromatic N) is 3. The normalized spacial score (nSPS) is 10.2. The highest BCUT2D eigenvalue weighted by molar-refractivity contribution is 6.33. The summed E-state index contributed by atoms with van der Waals surface area (Å²) in [7, 11) is 0. The van der Waals surface area contributed by atoms with E-state index in [2.05, 4.69) is 25.9 Å². The van der Waals surface area contributed by atoms with Gasteiger partial charge in [0.15, 0.2) is 5.82 Å². The molecular weight excluding hydrogens is 216 g/mol. The average Bonchev–Trinajstić information content (AvgIpc) is 2.73. The summed E-state index contributed by atoms with van der Waals surface area (Å²) < 4.78 is 0. The number of aromatic nitrogens is 4. The van der Waals surface area contributed by atoms with E-state index in [1.165, 1.54) is 0 Å². The second kappa shape index (κ2) is 4.14. The number of para-hydroxylation sites is 1. The average molecular weight is 225 g/mol. The number of H-pyrrole nitrogens is 1. The monoisotopic (exact) mass is 224 g/mol. The first-order valence-corrected chi connectivity index (χ1v) is 4.65. The Balaban J connectivity index is 2.08. The van der Waals surface area contributed by atoms with Gasteiger partial charge in [-0.05, 0) is 12.1 Å². The largest absolute Gasteiger partial charge is 0.396 e. The third kappa shape index (κ3) is 2.16. The molecule has 0 spiro atoms. The molecule has 0 saturated carbocycles. The summed E-state index contributed by atoms with van der Waals surface area (Å²) in [5.41, 5.74) is 7.04. The van der Waals surface area contributed by atoms with E-state index in [0.717, 1.165) is 5.69 Å². The van der Waals surface area contributed by atoms with Crippen LogP contribution in [0.1, 0.15) is 5.82 Å². The van der Waals surface area contributed by atoms with Crippen molar-refractivity contribution in [2.75, 3.05) is 11.1 Å². The van der Waals surface area contributed by atoms with Crippen molar-refractivity contribution < 1.29 is 0 Å². The van der Waals surface area contributed by atoms with Gasteiger partial charge in [-0.15, -0.1) is 10.2 Å². The van der Waals surface area contributed by atoms with Crippen molar-refractivity contribution in [1.82, 2.24) is 20.6 Å². The number of nitrogens with two attached hydrogens (primary N) is 1. The molecule has 0 unspecified atom stereocenters. The summed E-state index contributed by atoms with van der Waals surface area (Å²) in [4.78, 5) is 0. The van der Waals surface area contributed by atoms with Crippen LogP contribution in [0.3, 0.4) is 0 Å². The molecule has 1 aromatic heterocycles. The highest BCUT2D eigenvalue weighted by atomic mass is 35.5. The number of rotatable bonds is 3. The molecule has 7 heteroatoms. The van der Waals surface area contributed by atoms with Crippen LogP contribution in [-0.4, -0.2) is 20.6 Å². The quantitative estimate of drug-likeness (QED) is 0.678. The Morgan fingerprint density at radius 1 is 1.47 bits per heavy atom. The minimum Gasteiger partial charge on any atom is -0.396 e. The van der Waals surface area contributed by atoms with Crippen LogP contribution in [-0.2, 0) is 6.54 Å². The van der Waals surface area contributed by atoms with Gasteiger partial charge in [0.2, 0.25) is 0 Å². The number of tetrazole rings is 1. The van der Waals surface area contributed by atoms with Crippen LogP contribution in [0.15, 0.2) is 18.2 Å². The number of hydrogen-bond donors (Lipinski definition) is 3. The number of nitrogens with one attached hydrogen (secondary N) is 2. The highest BCUT2D eigenvalue weighted by Gasteiger charge is 2.03. The van der Waals surface area contributed by atoms with Gasteiger partial charge in [-0.3, -0.25) is 0 Å². The predicted octanol–water partition coefficient (Wildman–Crippen LogP) is 1.05. The molecule has 1 aromatic carbocycles. The summed E-state index contributed by atoms with van der Waals surface area (Å²) in [6, 6.07) is 5.38. The van der Waals surface area contributed by atoms with Gasteiger partial charge < -0.3 is 11.1 Å². The van der Waals surface area contributed by atoms with E-state index < -0.39 is 0 Å². The molecule has 0 bridgehead atoms. The van der Waals surface area contributed by atoms with Gasteiger partial charge in [-0.25, -0.2) is 0 Å². The van der Waals surface area contributed by atoms with Gasteiger partial charge >= 0.3 is 0 Å². The number of nitrogen functional groups attached to an aromatic ring is 1. The lowest BCUT2D eigenvalue weighted by Crippen LogP contribution is -2.04. The van der Waals surface area contributed by atoms with Crippen molar-refractivity contribution in [2.24, 2.45) is 0 Å². The zero-order valence-corrected chi connectivity index (χ0v) is 8.49. The third-order valence-electron chi connectivity index (χ3n) is 1.88. The van der Waals surface area contributed by atoms with Crippen molar-refractivity contribution in [2.45, 2.75) is 6.54 Å². The van der Waals surface area contributed by atoms with E-state index in [9.17, 15) is 0 Å². The lowest BCUT2D eigenvalue weighted by molar-refractivity contribution is 0.881. The Morgan fingerprint density at radius 3 is 3.07 bits per heavy atom. The molecule has 0 saturated heterocycles. The van der Waals surface area contributed by atoms with Crippen molar-refractivity contribution in [3.05, 3.63) is 29.0 Å². The fourth-order valence-corrected chi connectivity index (χ4v) is 1.30. The molecule has 0 aliphatic carbocycles. The van der Waals surface area contributed by atoms with Gasteiger partial charge in [-0.2, -0.15) is 5.21 Å². The third-order valence-corrected chi connectivity index (χ3v) is 2.21. The number of benzene rings is 1. The first-order chi connectivity index (χ1) is 7.27. The topological polar surface area (TPSA) is 92.5 Å².